The van der Waals surface area contributed by atoms with Crippen LogP contribution in [0.25, 0.3) is 0 Å². The molecule has 0 atom stereocenters. The Morgan fingerprint density at radius 1 is 1.41 bits per heavy atom. The Hall–Kier alpha value is -2.29. The molecule has 1 rings (SSSR count). The summed E-state index contributed by atoms with van der Waals surface area (Å²) in [6, 6.07) is 1.10. The third kappa shape index (κ3) is 2.64. The summed E-state index contributed by atoms with van der Waals surface area (Å²) >= 11 is 0. The predicted octanol–water partition coefficient (Wildman–Crippen LogP) is 0.514. The van der Waals surface area contributed by atoms with E-state index in [1.807, 2.05) is 0 Å². The molecule has 0 aliphatic carbocycles. The van der Waals surface area contributed by atoms with Crippen LogP contribution in [0.3, 0.4) is 0 Å². The summed E-state index contributed by atoms with van der Waals surface area (Å²) in [5.41, 5.74) is -1.44. The van der Waals surface area contributed by atoms with Crippen molar-refractivity contribution in [2.24, 2.45) is 4.99 Å². The van der Waals surface area contributed by atoms with Crippen LogP contribution in [0.5, 0.6) is 5.75 Å². The van der Waals surface area contributed by atoms with E-state index in [1.54, 1.807) is 0 Å². The van der Waals surface area contributed by atoms with Crippen molar-refractivity contribution in [3.05, 3.63) is 22.2 Å². The third-order valence-electron chi connectivity index (χ3n) is 1.69. The van der Waals surface area contributed by atoms with Crippen molar-refractivity contribution >= 4 is 27.6 Å². The average molecular weight is 260 g/mol. The van der Waals surface area contributed by atoms with E-state index in [4.69, 9.17) is 4.55 Å². The van der Waals surface area contributed by atoms with Gasteiger partial charge in [-0.1, -0.05) is 0 Å². The first-order chi connectivity index (χ1) is 7.77. The van der Waals surface area contributed by atoms with Gasteiger partial charge in [0.15, 0.2) is 5.75 Å². The number of nitro groups is 1. The number of phenols is 1. The summed E-state index contributed by atoms with van der Waals surface area (Å²) in [6.07, 6.45) is 0.986. The molecule has 1 aromatic rings. The number of carbonyl (C=O) groups excluding carboxylic acids is 1. The summed E-state index contributed by atoms with van der Waals surface area (Å²) in [5.74, 6) is -1.07. The molecule has 0 radical (unpaired) electrons. The van der Waals surface area contributed by atoms with Crippen molar-refractivity contribution in [2.45, 2.75) is 4.90 Å². The van der Waals surface area contributed by atoms with Gasteiger partial charge in [0.1, 0.15) is 10.6 Å². The van der Waals surface area contributed by atoms with Crippen molar-refractivity contribution < 1.29 is 27.8 Å². The smallest absolute Gasteiger partial charge is 0.298 e. The van der Waals surface area contributed by atoms with Gasteiger partial charge in [-0.2, -0.15) is 13.4 Å². The number of aliphatic imine (C=N–C) groups is 1. The van der Waals surface area contributed by atoms with Crippen LogP contribution in [-0.4, -0.2) is 29.1 Å². The molecule has 0 unspecified atom stereocenters. The number of aromatic hydroxyl groups is 1. The van der Waals surface area contributed by atoms with E-state index in [2.05, 4.69) is 4.99 Å². The van der Waals surface area contributed by atoms with Crippen molar-refractivity contribution in [1.82, 2.24) is 0 Å². The molecule has 0 saturated carbocycles. The fraction of sp³-hybridized carbons (Fsp3) is 0. The molecule has 0 bridgehead atoms. The first kappa shape index (κ1) is 12.8. The van der Waals surface area contributed by atoms with Gasteiger partial charge in [-0.3, -0.25) is 14.7 Å². The van der Waals surface area contributed by atoms with Crippen molar-refractivity contribution in [3.8, 4) is 5.75 Å². The van der Waals surface area contributed by atoms with Crippen LogP contribution >= 0.6 is 0 Å². The van der Waals surface area contributed by atoms with Crippen LogP contribution in [0, 0.1) is 10.1 Å². The van der Waals surface area contributed by atoms with Crippen molar-refractivity contribution in [1.29, 1.82) is 0 Å². The maximum atomic E-state index is 10.8. The SMILES string of the molecule is O=C=Nc1cc([N+](=O)[O-])cc(S(=O)(=O)O)c1O. The van der Waals surface area contributed by atoms with Gasteiger partial charge in [0, 0.05) is 12.1 Å². The minimum Gasteiger partial charge on any atom is -0.504 e. The summed E-state index contributed by atoms with van der Waals surface area (Å²) in [5, 5.41) is 19.8. The Morgan fingerprint density at radius 3 is 2.41 bits per heavy atom. The molecule has 0 fully saturated rings. The van der Waals surface area contributed by atoms with Crippen LogP contribution < -0.4 is 0 Å². The number of hydrogen-bond acceptors (Lipinski definition) is 7. The van der Waals surface area contributed by atoms with E-state index in [0.29, 0.717) is 12.1 Å². The minimum absolute atomic E-state index is 0.439. The first-order valence-electron chi connectivity index (χ1n) is 3.84. The van der Waals surface area contributed by atoms with Crippen LogP contribution in [0.15, 0.2) is 22.0 Å². The molecule has 10 heteroatoms. The molecule has 0 saturated heterocycles. The molecule has 0 aliphatic heterocycles. The zero-order chi connectivity index (χ0) is 13.2. The number of non-ortho nitro benzene ring substituents is 1. The second-order valence-corrected chi connectivity index (χ2v) is 4.14. The Kier molecular flexibility index (Phi) is 3.23. The lowest BCUT2D eigenvalue weighted by molar-refractivity contribution is -0.385. The Morgan fingerprint density at radius 2 is 2.00 bits per heavy atom. The molecule has 1 aromatic carbocycles. The number of nitro benzene ring substituents is 1. The maximum absolute atomic E-state index is 10.8. The molecule has 0 heterocycles. The number of nitrogens with zero attached hydrogens (tertiary/aromatic N) is 2. The lowest BCUT2D eigenvalue weighted by Gasteiger charge is -2.03. The summed E-state index contributed by atoms with van der Waals surface area (Å²) in [7, 11) is -4.87. The number of rotatable bonds is 3. The summed E-state index contributed by atoms with van der Waals surface area (Å²) in [6.45, 7) is 0. The summed E-state index contributed by atoms with van der Waals surface area (Å²) < 4.78 is 30.4. The van der Waals surface area contributed by atoms with Gasteiger partial charge >= 0.3 is 0 Å². The molecular weight excluding hydrogens is 256 g/mol. The van der Waals surface area contributed by atoms with Crippen LogP contribution in [0.4, 0.5) is 11.4 Å². The molecule has 17 heavy (non-hydrogen) atoms. The Bertz CT molecular complexity index is 630. The molecular formula is C7H4N2O7S. The molecule has 0 aromatic heterocycles. The van der Waals surface area contributed by atoms with E-state index >= 15 is 0 Å². The highest BCUT2D eigenvalue weighted by Crippen LogP contribution is 2.37. The van der Waals surface area contributed by atoms with Gasteiger partial charge in [-0.25, -0.2) is 4.79 Å². The topological polar surface area (TPSA) is 147 Å². The van der Waals surface area contributed by atoms with E-state index in [1.165, 1.54) is 0 Å². The largest absolute Gasteiger partial charge is 0.504 e. The van der Waals surface area contributed by atoms with Gasteiger partial charge in [0.05, 0.1) is 4.92 Å². The quantitative estimate of drug-likeness (QED) is 0.264. The monoisotopic (exact) mass is 260 g/mol. The average Bonchev–Trinajstić information content (AvgIpc) is 2.19. The van der Waals surface area contributed by atoms with Crippen molar-refractivity contribution in [3.63, 3.8) is 0 Å². The number of hydrogen-bond donors (Lipinski definition) is 2. The Balaban J connectivity index is 3.72. The van der Waals surface area contributed by atoms with E-state index in [9.17, 15) is 28.4 Å². The van der Waals surface area contributed by atoms with Crippen LogP contribution in [0.2, 0.25) is 0 Å². The van der Waals surface area contributed by atoms with Crippen LogP contribution in [-0.2, 0) is 14.9 Å². The fourth-order valence-electron chi connectivity index (χ4n) is 1.02. The first-order valence-corrected chi connectivity index (χ1v) is 5.28. The van der Waals surface area contributed by atoms with E-state index in [0.717, 1.165) is 6.08 Å². The van der Waals surface area contributed by atoms with Gasteiger partial charge in [-0.05, 0) is 0 Å². The van der Waals surface area contributed by atoms with Gasteiger partial charge in [0.2, 0.25) is 6.08 Å². The van der Waals surface area contributed by atoms with Gasteiger partial charge in [0.25, 0.3) is 15.8 Å². The van der Waals surface area contributed by atoms with Crippen molar-refractivity contribution in [2.75, 3.05) is 0 Å². The highest BCUT2D eigenvalue weighted by atomic mass is 32.2. The zero-order valence-corrected chi connectivity index (χ0v) is 8.71. The highest BCUT2D eigenvalue weighted by molar-refractivity contribution is 7.86. The zero-order valence-electron chi connectivity index (χ0n) is 7.89. The number of phenolic OH excluding ortho intramolecular Hbond substituents is 1. The van der Waals surface area contributed by atoms with Gasteiger partial charge in [-0.15, -0.1) is 0 Å². The van der Waals surface area contributed by atoms with E-state index in [-0.39, 0.29) is 0 Å². The van der Waals surface area contributed by atoms with E-state index < -0.39 is 37.1 Å². The molecule has 0 aliphatic rings. The maximum Gasteiger partial charge on any atom is 0.298 e. The minimum atomic E-state index is -4.87. The second kappa shape index (κ2) is 4.29. The standard InChI is InChI=1S/C7H4N2O7S/c10-3-8-5-1-4(9(12)13)2-6(7(5)11)17(14,15)16/h1-2,11H,(H,14,15,16). The lowest BCUT2D eigenvalue weighted by Crippen LogP contribution is -2.00. The molecule has 0 amide bonds. The third-order valence-corrected chi connectivity index (χ3v) is 2.56. The fourth-order valence-corrected chi connectivity index (χ4v) is 1.63. The molecule has 9 nitrogen and oxygen atoms in total. The second-order valence-electron chi connectivity index (χ2n) is 2.75. The highest BCUT2D eigenvalue weighted by Gasteiger charge is 2.23. The molecule has 2 N–H and O–H groups in total. The van der Waals surface area contributed by atoms with Gasteiger partial charge < -0.3 is 5.11 Å². The Labute approximate surface area is 93.9 Å². The number of benzene rings is 1. The predicted molar refractivity (Wildman–Crippen MR) is 52.4 cm³/mol. The number of isocyanates is 1. The van der Waals surface area contributed by atoms with Crippen LogP contribution in [0.1, 0.15) is 0 Å². The normalized spacial score (nSPS) is 10.6. The molecule has 90 valence electrons. The molecule has 0 spiro atoms. The lowest BCUT2D eigenvalue weighted by atomic mass is 10.2. The summed E-state index contributed by atoms with van der Waals surface area (Å²) in [4.78, 5) is 21.2.